The summed E-state index contributed by atoms with van der Waals surface area (Å²) >= 11 is 0. The number of ether oxygens (including phenoxy) is 4. The number of hydrogen-bond donors (Lipinski definition) is 3. The maximum Gasteiger partial charge on any atom is 0.231 e. The molecule has 2 aliphatic heterocycles. The molecule has 1 saturated heterocycles. The Morgan fingerprint density at radius 2 is 1.80 bits per heavy atom. The number of aliphatic hydroxyl groups excluding tert-OH is 1. The second kappa shape index (κ2) is 11.1. The number of hydrogen-bond acceptors (Lipinski definition) is 7. The number of amides is 2. The van der Waals surface area contributed by atoms with Crippen molar-refractivity contribution in [1.82, 2.24) is 10.6 Å². The number of carbonyl (C=O) groups is 2. The largest absolute Gasteiger partial charge is 0.454 e. The summed E-state index contributed by atoms with van der Waals surface area (Å²) in [7, 11) is 0. The molecule has 4 fully saturated rings. The van der Waals surface area contributed by atoms with Crippen LogP contribution < -0.4 is 20.1 Å². The monoisotopic (exact) mass is 556 g/mol. The van der Waals surface area contributed by atoms with Gasteiger partial charge in [-0.1, -0.05) is 32.8 Å². The van der Waals surface area contributed by atoms with Crippen LogP contribution in [0.25, 0.3) is 0 Å². The Morgan fingerprint density at radius 3 is 2.62 bits per heavy atom. The molecule has 2 heterocycles. The van der Waals surface area contributed by atoms with Crippen LogP contribution in [0, 0.1) is 28.6 Å². The van der Waals surface area contributed by atoms with E-state index in [0.29, 0.717) is 31.9 Å². The number of carbonyl (C=O) groups excluding carboxylic acids is 2. The molecule has 2 amide bonds. The molecule has 40 heavy (non-hydrogen) atoms. The lowest BCUT2D eigenvalue weighted by atomic mass is 9.46. The molecule has 0 aromatic heterocycles. The van der Waals surface area contributed by atoms with Crippen LogP contribution in [0.5, 0.6) is 11.5 Å². The van der Waals surface area contributed by atoms with E-state index in [1.807, 2.05) is 18.2 Å². The van der Waals surface area contributed by atoms with Gasteiger partial charge in [-0.05, 0) is 73.5 Å². The fraction of sp³-hybridized carbons (Fsp3) is 0.742. The van der Waals surface area contributed by atoms with Gasteiger partial charge in [0.2, 0.25) is 18.6 Å². The molecule has 1 aromatic carbocycles. The Labute approximate surface area is 236 Å². The summed E-state index contributed by atoms with van der Waals surface area (Å²) in [4.78, 5) is 25.6. The summed E-state index contributed by atoms with van der Waals surface area (Å²) in [5.74, 6) is 1.75. The van der Waals surface area contributed by atoms with Crippen molar-refractivity contribution in [2.45, 2.75) is 96.7 Å². The second-order valence-electron chi connectivity index (χ2n) is 13.1. The molecule has 0 spiro atoms. The average Bonchev–Trinajstić information content (AvgIpc) is 3.65. The van der Waals surface area contributed by atoms with E-state index in [0.717, 1.165) is 56.3 Å². The van der Waals surface area contributed by atoms with Crippen molar-refractivity contribution < 1.29 is 33.6 Å². The van der Waals surface area contributed by atoms with Crippen LogP contribution >= 0.6 is 0 Å². The number of fused-ring (bicyclic) bond motifs is 4. The van der Waals surface area contributed by atoms with E-state index in [1.165, 1.54) is 0 Å². The van der Waals surface area contributed by atoms with Gasteiger partial charge in [0.25, 0.3) is 0 Å². The quantitative estimate of drug-likeness (QED) is 0.470. The van der Waals surface area contributed by atoms with E-state index in [1.54, 1.807) is 0 Å². The number of benzene rings is 1. The van der Waals surface area contributed by atoms with Crippen molar-refractivity contribution in [2.24, 2.45) is 28.6 Å². The zero-order chi connectivity index (χ0) is 27.9. The molecule has 7 unspecified atom stereocenters. The number of aliphatic hydroxyl groups is 1. The standard InChI is InChI=1S/C31H44N2O7/c1-30-12-11-26-31(2,17-37-28(40-26)16-33-29(36)20-5-3-4-6-20)25(30)10-8-22(34)21(30)14-27(35)32-15-19-7-9-23-24(13-19)39-18-38-23/h7,9,13,20-22,25-26,28,34H,3-6,8,10-12,14-18H2,1-2H3,(H,32,35)(H,33,36). The third-order valence-electron chi connectivity index (χ3n) is 10.7. The van der Waals surface area contributed by atoms with Gasteiger partial charge in [-0.25, -0.2) is 0 Å². The van der Waals surface area contributed by atoms with Gasteiger partial charge in [0.05, 0.1) is 25.4 Å². The lowest BCUT2D eigenvalue weighted by Gasteiger charge is -2.63. The van der Waals surface area contributed by atoms with Crippen LogP contribution in [0.15, 0.2) is 18.2 Å². The Kier molecular flexibility index (Phi) is 7.74. The first-order valence-electron chi connectivity index (χ1n) is 15.1. The van der Waals surface area contributed by atoms with E-state index in [9.17, 15) is 14.7 Å². The van der Waals surface area contributed by atoms with E-state index < -0.39 is 12.4 Å². The average molecular weight is 557 g/mol. The predicted molar refractivity (Wildman–Crippen MR) is 146 cm³/mol. The summed E-state index contributed by atoms with van der Waals surface area (Å²) in [6, 6.07) is 5.69. The van der Waals surface area contributed by atoms with Crippen LogP contribution in [-0.4, -0.2) is 55.4 Å². The molecule has 220 valence electrons. The van der Waals surface area contributed by atoms with Gasteiger partial charge in [0.1, 0.15) is 0 Å². The van der Waals surface area contributed by atoms with Gasteiger partial charge in [0.15, 0.2) is 17.8 Å². The first-order valence-corrected chi connectivity index (χ1v) is 15.1. The molecule has 6 rings (SSSR count). The highest BCUT2D eigenvalue weighted by atomic mass is 16.7. The molecule has 9 heteroatoms. The minimum absolute atomic E-state index is 0.0310. The van der Waals surface area contributed by atoms with Gasteiger partial charge >= 0.3 is 0 Å². The van der Waals surface area contributed by atoms with E-state index >= 15 is 0 Å². The topological polar surface area (TPSA) is 115 Å². The minimum atomic E-state index is -0.512. The maximum absolute atomic E-state index is 13.1. The van der Waals surface area contributed by atoms with Crippen LogP contribution in [0.4, 0.5) is 0 Å². The lowest BCUT2D eigenvalue weighted by Crippen LogP contribution is -2.63. The molecule has 0 bridgehead atoms. The third kappa shape index (κ3) is 5.21. The van der Waals surface area contributed by atoms with Crippen LogP contribution in [0.2, 0.25) is 0 Å². The maximum atomic E-state index is 13.1. The molecule has 3 saturated carbocycles. The summed E-state index contributed by atoms with van der Waals surface area (Å²) in [5.41, 5.74) is 0.541. The Bertz CT molecular complexity index is 1110. The van der Waals surface area contributed by atoms with Crippen LogP contribution in [-0.2, 0) is 25.6 Å². The van der Waals surface area contributed by atoms with Crippen LogP contribution in [0.3, 0.4) is 0 Å². The minimum Gasteiger partial charge on any atom is -0.454 e. The predicted octanol–water partition coefficient (Wildman–Crippen LogP) is 3.66. The molecular formula is C31H44N2O7. The van der Waals surface area contributed by atoms with Crippen molar-refractivity contribution in [2.75, 3.05) is 19.9 Å². The van der Waals surface area contributed by atoms with Crippen molar-refractivity contribution in [3.8, 4) is 11.5 Å². The Morgan fingerprint density at radius 1 is 1.00 bits per heavy atom. The first-order chi connectivity index (χ1) is 19.3. The number of rotatable bonds is 7. The highest BCUT2D eigenvalue weighted by molar-refractivity contribution is 5.78. The normalized spacial score (nSPS) is 36.9. The summed E-state index contributed by atoms with van der Waals surface area (Å²) in [6.45, 7) is 6.07. The zero-order valence-electron chi connectivity index (χ0n) is 23.8. The van der Waals surface area contributed by atoms with Crippen molar-refractivity contribution in [1.29, 1.82) is 0 Å². The van der Waals surface area contributed by atoms with E-state index in [-0.39, 0.29) is 59.7 Å². The molecule has 1 aromatic rings. The van der Waals surface area contributed by atoms with Gasteiger partial charge in [0, 0.05) is 24.3 Å². The van der Waals surface area contributed by atoms with Crippen molar-refractivity contribution in [3.05, 3.63) is 23.8 Å². The Balaban J connectivity index is 1.06. The second-order valence-corrected chi connectivity index (χ2v) is 13.1. The van der Waals surface area contributed by atoms with E-state index in [4.69, 9.17) is 18.9 Å². The lowest BCUT2D eigenvalue weighted by molar-refractivity contribution is -0.306. The van der Waals surface area contributed by atoms with Gasteiger partial charge in [-0.2, -0.15) is 0 Å². The fourth-order valence-electron chi connectivity index (χ4n) is 8.43. The molecule has 9 nitrogen and oxygen atoms in total. The highest BCUT2D eigenvalue weighted by Crippen LogP contribution is 2.62. The smallest absolute Gasteiger partial charge is 0.231 e. The highest BCUT2D eigenvalue weighted by Gasteiger charge is 2.61. The first kappa shape index (κ1) is 27.8. The van der Waals surface area contributed by atoms with Crippen molar-refractivity contribution in [3.63, 3.8) is 0 Å². The summed E-state index contributed by atoms with van der Waals surface area (Å²) in [5, 5.41) is 17.2. The molecule has 5 aliphatic rings. The molecule has 0 radical (unpaired) electrons. The zero-order valence-corrected chi connectivity index (χ0v) is 23.8. The van der Waals surface area contributed by atoms with Gasteiger partial charge in [-0.15, -0.1) is 0 Å². The van der Waals surface area contributed by atoms with E-state index in [2.05, 4.69) is 24.5 Å². The summed E-state index contributed by atoms with van der Waals surface area (Å²) < 4.78 is 23.5. The number of nitrogens with one attached hydrogen (secondary N) is 2. The van der Waals surface area contributed by atoms with Gasteiger partial charge in [-0.3, -0.25) is 9.59 Å². The van der Waals surface area contributed by atoms with Gasteiger partial charge < -0.3 is 34.7 Å². The van der Waals surface area contributed by atoms with Crippen molar-refractivity contribution >= 4 is 11.8 Å². The molecule has 7 atom stereocenters. The summed E-state index contributed by atoms with van der Waals surface area (Å²) in [6.07, 6.45) is 6.88. The molecule has 3 N–H and O–H groups in total. The molecular weight excluding hydrogens is 512 g/mol. The Hall–Kier alpha value is -2.36. The van der Waals surface area contributed by atoms with Crippen LogP contribution in [0.1, 0.15) is 77.2 Å². The fourth-order valence-corrected chi connectivity index (χ4v) is 8.43. The third-order valence-corrected chi connectivity index (χ3v) is 10.7. The SMILES string of the molecule is CC12COC(CNC(=O)C3CCCC3)OC1CCC1(C)C(CC(=O)NCc3ccc4c(c3)OCO4)C(O)CCC21. The molecule has 3 aliphatic carbocycles.